The van der Waals surface area contributed by atoms with Crippen molar-refractivity contribution in [2.24, 2.45) is 0 Å². The monoisotopic (exact) mass is 424 g/mol. The second kappa shape index (κ2) is 8.17. The van der Waals surface area contributed by atoms with Crippen LogP contribution in [0.15, 0.2) is 24.3 Å². The van der Waals surface area contributed by atoms with Crippen molar-refractivity contribution < 1.29 is 32.7 Å². The Morgan fingerprint density at radius 2 is 1.90 bits per heavy atom. The molecule has 0 bridgehead atoms. The number of nitrogens with zero attached hydrogens (tertiary/aromatic N) is 2. The highest BCUT2D eigenvalue weighted by Crippen LogP contribution is 2.40. The van der Waals surface area contributed by atoms with Crippen molar-refractivity contribution in [1.82, 2.24) is 15.5 Å². The van der Waals surface area contributed by atoms with Crippen molar-refractivity contribution in [1.29, 1.82) is 0 Å². The van der Waals surface area contributed by atoms with E-state index in [0.29, 0.717) is 18.9 Å². The second-order valence-corrected chi connectivity index (χ2v) is 7.04. The van der Waals surface area contributed by atoms with Crippen LogP contribution < -0.4 is 10.2 Å². The molecule has 1 aromatic heterocycles. The van der Waals surface area contributed by atoms with E-state index < -0.39 is 12.1 Å². The lowest BCUT2D eigenvalue weighted by atomic mass is 10.1. The number of carbonyl (C=O) groups excluding carboxylic acids is 2. The molecular weight excluding hydrogens is 405 g/mol. The van der Waals surface area contributed by atoms with E-state index in [2.05, 4.69) is 21.6 Å². The van der Waals surface area contributed by atoms with Crippen LogP contribution in [-0.4, -0.2) is 45.9 Å². The number of aryl methyl sites for hydroxylation is 1. The largest absolute Gasteiger partial charge is 0.490 e. The van der Waals surface area contributed by atoms with Crippen LogP contribution in [0.2, 0.25) is 0 Å². The third-order valence-corrected chi connectivity index (χ3v) is 4.69. The summed E-state index contributed by atoms with van der Waals surface area (Å²) in [5.41, 5.74) is 4.98. The maximum Gasteiger partial charge on any atom is 0.490 e. The molecule has 1 aliphatic carbocycles. The minimum Gasteiger partial charge on any atom is -0.475 e. The van der Waals surface area contributed by atoms with E-state index in [0.717, 1.165) is 22.5 Å². The first kappa shape index (κ1) is 21.3. The molecule has 1 aromatic carbocycles. The van der Waals surface area contributed by atoms with Gasteiger partial charge in [0.1, 0.15) is 0 Å². The summed E-state index contributed by atoms with van der Waals surface area (Å²) in [5, 5.41) is 17.0. The zero-order valence-electron chi connectivity index (χ0n) is 15.9. The highest BCUT2D eigenvalue weighted by atomic mass is 19.4. The number of aliphatic carboxylic acids is 1. The summed E-state index contributed by atoms with van der Waals surface area (Å²) >= 11 is 0. The molecule has 160 valence electrons. The van der Waals surface area contributed by atoms with Gasteiger partial charge in [0.15, 0.2) is 0 Å². The molecule has 0 spiro atoms. The first-order valence-electron chi connectivity index (χ1n) is 9.14. The van der Waals surface area contributed by atoms with Crippen molar-refractivity contribution in [3.05, 3.63) is 35.5 Å². The van der Waals surface area contributed by atoms with Gasteiger partial charge in [0.2, 0.25) is 5.91 Å². The molecule has 30 heavy (non-hydrogen) atoms. The number of imide groups is 1. The van der Waals surface area contributed by atoms with E-state index >= 15 is 0 Å². The number of urea groups is 1. The molecule has 2 heterocycles. The van der Waals surface area contributed by atoms with Crippen molar-refractivity contribution in [3.63, 3.8) is 0 Å². The number of carbonyl (C=O) groups is 3. The van der Waals surface area contributed by atoms with Gasteiger partial charge >= 0.3 is 18.2 Å². The fourth-order valence-electron chi connectivity index (χ4n) is 3.00. The van der Waals surface area contributed by atoms with Crippen LogP contribution in [0.4, 0.5) is 23.7 Å². The number of alkyl halides is 3. The van der Waals surface area contributed by atoms with E-state index in [-0.39, 0.29) is 11.9 Å². The molecule has 4 rings (SSSR count). The first-order valence-corrected chi connectivity index (χ1v) is 9.14. The number of carboxylic acids is 1. The number of hydrogen-bond donors (Lipinski definition) is 3. The number of hydrogen-bond acceptors (Lipinski definition) is 4. The number of halogens is 3. The van der Waals surface area contributed by atoms with Crippen LogP contribution in [0.5, 0.6) is 0 Å². The van der Waals surface area contributed by atoms with E-state index in [1.807, 2.05) is 25.1 Å². The van der Waals surface area contributed by atoms with E-state index in [9.17, 15) is 22.8 Å². The summed E-state index contributed by atoms with van der Waals surface area (Å²) in [6, 6.07) is 7.68. The number of rotatable bonds is 3. The van der Waals surface area contributed by atoms with Crippen molar-refractivity contribution >= 4 is 23.6 Å². The quantitative estimate of drug-likeness (QED) is 0.699. The molecule has 0 atom stereocenters. The van der Waals surface area contributed by atoms with Gasteiger partial charge in [-0.25, -0.2) is 9.59 Å². The minimum absolute atomic E-state index is 0.218. The number of nitrogens with one attached hydrogen (secondary N) is 2. The number of carboxylic acid groups (broad SMARTS) is 1. The van der Waals surface area contributed by atoms with Gasteiger partial charge < -0.3 is 5.11 Å². The average molecular weight is 424 g/mol. The Morgan fingerprint density at radius 1 is 1.23 bits per heavy atom. The third-order valence-electron chi connectivity index (χ3n) is 4.69. The lowest BCUT2D eigenvalue weighted by molar-refractivity contribution is -0.192. The van der Waals surface area contributed by atoms with Crippen molar-refractivity contribution in [3.8, 4) is 11.3 Å². The molecule has 8 nitrogen and oxygen atoms in total. The molecule has 3 amide bonds. The van der Waals surface area contributed by atoms with Crippen LogP contribution in [0.3, 0.4) is 0 Å². The van der Waals surface area contributed by atoms with E-state index in [4.69, 9.17) is 9.90 Å². The standard InChI is InChI=1S/C17H18N4O2.C2HF3O2/c1-10-8-12(14-9-13(19-20-14)11-2-3-11)4-5-15(10)21-7-6-16(22)18-17(21)23;3-2(4,5)1(6)7/h4-5,8-9,11H,2-3,6-7H2,1H3,(H,19,20)(H,18,22,23);(H,6,7). The summed E-state index contributed by atoms with van der Waals surface area (Å²) < 4.78 is 31.7. The molecule has 2 aliphatic rings. The average Bonchev–Trinajstić information content (AvgIpc) is 3.39. The molecule has 0 radical (unpaired) electrons. The topological polar surface area (TPSA) is 115 Å². The predicted molar refractivity (Wildman–Crippen MR) is 99.9 cm³/mol. The molecule has 1 saturated heterocycles. The van der Waals surface area contributed by atoms with Gasteiger partial charge in [-0.1, -0.05) is 6.07 Å². The second-order valence-electron chi connectivity index (χ2n) is 7.04. The third kappa shape index (κ3) is 4.97. The molecule has 2 aromatic rings. The molecule has 1 aliphatic heterocycles. The Balaban J connectivity index is 0.000000318. The van der Waals surface area contributed by atoms with Gasteiger partial charge in [-0.3, -0.25) is 20.1 Å². The van der Waals surface area contributed by atoms with Gasteiger partial charge in [-0.05, 0) is 43.5 Å². The summed E-state index contributed by atoms with van der Waals surface area (Å²) in [6.45, 7) is 2.39. The number of amides is 3. The number of aromatic amines is 1. The highest BCUT2D eigenvalue weighted by molar-refractivity contribution is 6.06. The molecule has 11 heteroatoms. The van der Waals surface area contributed by atoms with Crippen LogP contribution in [0.25, 0.3) is 11.3 Å². The SMILES string of the molecule is Cc1cc(-c2cc(C3CC3)[nH]n2)ccc1N1CCC(=O)NC1=O.O=C(O)C(F)(F)F. The summed E-state index contributed by atoms with van der Waals surface area (Å²) in [4.78, 5) is 33.7. The Morgan fingerprint density at radius 3 is 2.43 bits per heavy atom. The van der Waals surface area contributed by atoms with Crippen LogP contribution in [-0.2, 0) is 9.59 Å². The Hall–Kier alpha value is -3.37. The van der Waals surface area contributed by atoms with Gasteiger partial charge in [0.05, 0.1) is 5.69 Å². The maximum absolute atomic E-state index is 12.0. The fraction of sp³-hybridized carbons (Fsp3) is 0.368. The maximum atomic E-state index is 12.0. The lowest BCUT2D eigenvalue weighted by Gasteiger charge is -2.28. The Bertz CT molecular complexity index is 982. The predicted octanol–water partition coefficient (Wildman–Crippen LogP) is 3.34. The van der Waals surface area contributed by atoms with Crippen molar-refractivity contribution in [2.75, 3.05) is 11.4 Å². The van der Waals surface area contributed by atoms with Gasteiger partial charge in [0.25, 0.3) is 0 Å². The number of anilines is 1. The number of aromatic nitrogens is 2. The molecular formula is C19H19F3N4O4. The molecule has 1 saturated carbocycles. The molecule has 2 fully saturated rings. The Labute approximate surface area is 169 Å². The summed E-state index contributed by atoms with van der Waals surface area (Å²) in [7, 11) is 0. The zero-order chi connectivity index (χ0) is 22.1. The van der Waals surface area contributed by atoms with Gasteiger partial charge in [-0.2, -0.15) is 18.3 Å². The number of benzene rings is 1. The Kier molecular flexibility index (Phi) is 5.81. The van der Waals surface area contributed by atoms with Crippen molar-refractivity contribution in [2.45, 2.75) is 38.3 Å². The fourth-order valence-corrected chi connectivity index (χ4v) is 3.00. The van der Waals surface area contributed by atoms with E-state index in [1.165, 1.54) is 18.5 Å². The normalized spacial score (nSPS) is 16.6. The van der Waals surface area contributed by atoms with Crippen LogP contribution in [0.1, 0.15) is 36.4 Å². The minimum atomic E-state index is -5.08. The zero-order valence-corrected chi connectivity index (χ0v) is 15.9. The van der Waals surface area contributed by atoms with E-state index in [1.54, 1.807) is 4.90 Å². The summed E-state index contributed by atoms with van der Waals surface area (Å²) in [6.07, 6.45) is -2.28. The summed E-state index contributed by atoms with van der Waals surface area (Å²) in [5.74, 6) is -2.33. The molecule has 0 unspecified atom stereocenters. The number of H-pyrrole nitrogens is 1. The highest BCUT2D eigenvalue weighted by Gasteiger charge is 2.38. The van der Waals surface area contributed by atoms with Gasteiger partial charge in [0, 0.05) is 35.8 Å². The van der Waals surface area contributed by atoms with Crippen LogP contribution in [0, 0.1) is 6.92 Å². The van der Waals surface area contributed by atoms with Gasteiger partial charge in [-0.15, -0.1) is 0 Å². The van der Waals surface area contributed by atoms with Crippen LogP contribution >= 0.6 is 0 Å². The smallest absolute Gasteiger partial charge is 0.475 e. The lowest BCUT2D eigenvalue weighted by Crippen LogP contribution is -2.49. The molecule has 3 N–H and O–H groups in total. The first-order chi connectivity index (χ1) is 14.1.